The van der Waals surface area contributed by atoms with Gasteiger partial charge in [0.05, 0.1) is 22.4 Å². The summed E-state index contributed by atoms with van der Waals surface area (Å²) < 4.78 is 9.11. The minimum atomic E-state index is 0.602. The molecule has 0 saturated carbocycles. The largest absolute Gasteiger partial charge is 0.435 e. The van der Waals surface area contributed by atoms with Crippen LogP contribution in [0.1, 0.15) is 0 Å². The summed E-state index contributed by atoms with van der Waals surface area (Å²) in [5, 5.41) is 7.24. The number of oxazole rings is 1. The Morgan fingerprint density at radius 1 is 0.410 bits per heavy atom. The molecular weight excluding hydrogens is 743 g/mol. The molecule has 4 nitrogen and oxygen atoms in total. The number of benzene rings is 10. The molecule has 0 bridgehead atoms. The normalized spacial score (nSPS) is 11.6. The molecule has 0 spiro atoms. The van der Waals surface area contributed by atoms with Crippen LogP contribution < -0.4 is 4.90 Å². The van der Waals surface area contributed by atoms with Crippen LogP contribution in [0, 0.1) is 0 Å². The van der Waals surface area contributed by atoms with Crippen molar-refractivity contribution in [3.8, 4) is 39.4 Å². The van der Waals surface area contributed by atoms with Gasteiger partial charge in [-0.05, 0) is 87.9 Å². The lowest BCUT2D eigenvalue weighted by atomic mass is 9.96. The van der Waals surface area contributed by atoms with Gasteiger partial charge in [-0.1, -0.05) is 164 Å². The van der Waals surface area contributed by atoms with Crippen molar-refractivity contribution in [1.82, 2.24) is 9.55 Å². The van der Waals surface area contributed by atoms with Crippen LogP contribution in [0.2, 0.25) is 0 Å². The quantitative estimate of drug-likeness (QED) is 0.162. The Hall–Kier alpha value is -8.21. The fourth-order valence-electron chi connectivity index (χ4n) is 9.31. The molecule has 61 heavy (non-hydrogen) atoms. The molecule has 286 valence electrons. The Kier molecular flexibility index (Phi) is 8.13. The zero-order valence-electron chi connectivity index (χ0n) is 33.1. The van der Waals surface area contributed by atoms with E-state index in [2.05, 4.69) is 198 Å². The van der Waals surface area contributed by atoms with Gasteiger partial charge in [0.15, 0.2) is 5.58 Å². The van der Waals surface area contributed by atoms with E-state index in [1.165, 1.54) is 38.0 Å². The lowest BCUT2D eigenvalue weighted by molar-refractivity contribution is 0.621. The van der Waals surface area contributed by atoms with Crippen LogP contribution in [-0.4, -0.2) is 9.55 Å². The van der Waals surface area contributed by atoms with Crippen molar-refractivity contribution in [2.75, 3.05) is 4.90 Å². The minimum absolute atomic E-state index is 0.602. The first-order valence-corrected chi connectivity index (χ1v) is 20.7. The Bertz CT molecular complexity index is 3600. The zero-order valence-corrected chi connectivity index (χ0v) is 33.1. The van der Waals surface area contributed by atoms with Gasteiger partial charge < -0.3 is 13.9 Å². The summed E-state index contributed by atoms with van der Waals surface area (Å²) in [6.07, 6.45) is 0. The second-order valence-electron chi connectivity index (χ2n) is 15.5. The highest BCUT2D eigenvalue weighted by molar-refractivity contribution is 6.25. The standard InChI is InChI=1S/C57H37N3O/c1-3-19-39(20-4-1)57-58-50-33-17-32-48(56(50)61-57)46-28-11-13-34-51(46)60(42-25-15-22-40(36-42)44-31-16-21-38-18-7-8-26-43(38)44)53-37-54-55(47-29-10-9-27-45(47)53)49-30-12-14-35-52(49)59(54)41-23-5-2-6-24-41/h1-37H. The number of rotatable bonds is 7. The van der Waals surface area contributed by atoms with Crippen LogP contribution in [0.5, 0.6) is 0 Å². The summed E-state index contributed by atoms with van der Waals surface area (Å²) >= 11 is 0. The molecule has 2 aromatic heterocycles. The predicted molar refractivity (Wildman–Crippen MR) is 254 cm³/mol. The van der Waals surface area contributed by atoms with E-state index in [-0.39, 0.29) is 0 Å². The van der Waals surface area contributed by atoms with E-state index in [9.17, 15) is 0 Å². The molecule has 0 fully saturated rings. The summed E-state index contributed by atoms with van der Waals surface area (Å²) in [5.74, 6) is 0.602. The van der Waals surface area contributed by atoms with Gasteiger partial charge in [-0.3, -0.25) is 0 Å². The zero-order chi connectivity index (χ0) is 40.3. The first-order chi connectivity index (χ1) is 30.3. The third-order valence-corrected chi connectivity index (χ3v) is 12.0. The molecule has 0 aliphatic heterocycles. The van der Waals surface area contributed by atoms with Gasteiger partial charge in [0.2, 0.25) is 5.89 Å². The van der Waals surface area contributed by atoms with Crippen LogP contribution >= 0.6 is 0 Å². The van der Waals surface area contributed by atoms with E-state index >= 15 is 0 Å². The Balaban J connectivity index is 1.17. The number of aromatic nitrogens is 2. The summed E-state index contributed by atoms with van der Waals surface area (Å²) in [5.41, 5.74) is 13.4. The molecule has 0 saturated heterocycles. The van der Waals surface area contributed by atoms with Crippen molar-refractivity contribution in [2.45, 2.75) is 0 Å². The molecule has 12 aromatic rings. The molecule has 12 rings (SSSR count). The van der Waals surface area contributed by atoms with Crippen LogP contribution in [-0.2, 0) is 0 Å². The topological polar surface area (TPSA) is 34.2 Å². The van der Waals surface area contributed by atoms with Crippen molar-refractivity contribution in [3.63, 3.8) is 0 Å². The third-order valence-electron chi connectivity index (χ3n) is 12.0. The summed E-state index contributed by atoms with van der Waals surface area (Å²) in [4.78, 5) is 7.43. The van der Waals surface area contributed by atoms with E-state index in [1.807, 2.05) is 36.4 Å². The smallest absolute Gasteiger partial charge is 0.227 e. The van der Waals surface area contributed by atoms with Crippen LogP contribution in [0.3, 0.4) is 0 Å². The van der Waals surface area contributed by atoms with Crippen molar-refractivity contribution in [2.24, 2.45) is 0 Å². The maximum atomic E-state index is 6.70. The second kappa shape index (κ2) is 14.3. The fraction of sp³-hybridized carbons (Fsp3) is 0. The van der Waals surface area contributed by atoms with E-state index < -0.39 is 0 Å². The molecule has 0 unspecified atom stereocenters. The lowest BCUT2D eigenvalue weighted by Gasteiger charge is -2.30. The average Bonchev–Trinajstić information content (AvgIpc) is 3.92. The molecule has 10 aromatic carbocycles. The maximum absolute atomic E-state index is 6.70. The van der Waals surface area contributed by atoms with Gasteiger partial charge >= 0.3 is 0 Å². The molecule has 0 aliphatic rings. The molecule has 0 amide bonds. The van der Waals surface area contributed by atoms with Crippen LogP contribution in [0.4, 0.5) is 17.1 Å². The number of anilines is 3. The Labute approximate surface area is 352 Å². The lowest BCUT2D eigenvalue weighted by Crippen LogP contribution is -2.12. The third kappa shape index (κ3) is 5.72. The Morgan fingerprint density at radius 2 is 1.03 bits per heavy atom. The maximum Gasteiger partial charge on any atom is 0.227 e. The molecule has 4 heteroatoms. The highest BCUT2D eigenvalue weighted by Gasteiger charge is 2.25. The molecule has 2 heterocycles. The van der Waals surface area contributed by atoms with Gasteiger partial charge in [0.1, 0.15) is 5.52 Å². The SMILES string of the molecule is c1ccc(-c2nc3cccc(-c4ccccc4N(c4cccc(-c5cccc6ccccc56)c4)c4cc5c(c6ccccc46)c4ccccc4n5-c4ccccc4)c3o2)cc1. The molecule has 0 atom stereocenters. The summed E-state index contributed by atoms with van der Waals surface area (Å²) in [7, 11) is 0. The van der Waals surface area contributed by atoms with Crippen LogP contribution in [0.15, 0.2) is 229 Å². The first-order valence-electron chi connectivity index (χ1n) is 20.7. The van der Waals surface area contributed by atoms with Crippen molar-refractivity contribution in [1.29, 1.82) is 0 Å². The van der Waals surface area contributed by atoms with E-state index in [4.69, 9.17) is 9.40 Å². The van der Waals surface area contributed by atoms with E-state index in [1.54, 1.807) is 0 Å². The number of hydrogen-bond acceptors (Lipinski definition) is 3. The molecular formula is C57H37N3O. The number of hydrogen-bond donors (Lipinski definition) is 0. The summed E-state index contributed by atoms with van der Waals surface area (Å²) in [6.45, 7) is 0. The minimum Gasteiger partial charge on any atom is -0.435 e. The van der Waals surface area contributed by atoms with Gasteiger partial charge in [0.25, 0.3) is 0 Å². The second-order valence-corrected chi connectivity index (χ2v) is 15.5. The van der Waals surface area contributed by atoms with Gasteiger partial charge in [-0.2, -0.15) is 0 Å². The monoisotopic (exact) mass is 779 g/mol. The highest BCUT2D eigenvalue weighted by Crippen LogP contribution is 2.49. The van der Waals surface area contributed by atoms with E-state index in [0.29, 0.717) is 5.89 Å². The van der Waals surface area contributed by atoms with Gasteiger partial charge in [-0.25, -0.2) is 4.98 Å². The predicted octanol–water partition coefficient (Wildman–Crippen LogP) is 15.7. The number of para-hydroxylation sites is 4. The number of fused-ring (bicyclic) bond motifs is 7. The molecule has 0 aliphatic carbocycles. The van der Waals surface area contributed by atoms with Gasteiger partial charge in [0, 0.05) is 44.2 Å². The fourth-order valence-corrected chi connectivity index (χ4v) is 9.31. The number of nitrogens with zero attached hydrogens (tertiary/aromatic N) is 3. The first kappa shape index (κ1) is 34.8. The van der Waals surface area contributed by atoms with Crippen molar-refractivity contribution >= 4 is 71.5 Å². The van der Waals surface area contributed by atoms with Crippen molar-refractivity contribution < 1.29 is 4.42 Å². The highest BCUT2D eigenvalue weighted by atomic mass is 16.3. The Morgan fingerprint density at radius 3 is 1.90 bits per heavy atom. The van der Waals surface area contributed by atoms with Crippen molar-refractivity contribution in [3.05, 3.63) is 224 Å². The average molecular weight is 780 g/mol. The van der Waals surface area contributed by atoms with E-state index in [0.717, 1.165) is 67.0 Å². The molecule has 0 radical (unpaired) electrons. The molecule has 0 N–H and O–H groups in total. The summed E-state index contributed by atoms with van der Waals surface area (Å²) in [6, 6.07) is 80.0. The van der Waals surface area contributed by atoms with Gasteiger partial charge in [-0.15, -0.1) is 0 Å². The van der Waals surface area contributed by atoms with Crippen LogP contribution in [0.25, 0.3) is 93.8 Å².